The number of rotatable bonds is 6. The largest absolute Gasteiger partial charge is 0.489 e. The van der Waals surface area contributed by atoms with E-state index in [1.54, 1.807) is 0 Å². The van der Waals surface area contributed by atoms with Crippen LogP contribution in [-0.2, 0) is 13.2 Å². The Morgan fingerprint density at radius 1 is 0.792 bits per heavy atom. The van der Waals surface area contributed by atoms with Gasteiger partial charge < -0.3 is 10.1 Å². The first kappa shape index (κ1) is 16.1. The van der Waals surface area contributed by atoms with Crippen LogP contribution in [0.2, 0.25) is 0 Å². The third-order valence-corrected chi connectivity index (χ3v) is 4.04. The summed E-state index contributed by atoms with van der Waals surface area (Å²) in [5, 5.41) is 3.49. The molecule has 0 fully saturated rings. The van der Waals surface area contributed by atoms with Crippen LogP contribution >= 0.6 is 0 Å². The lowest BCUT2D eigenvalue weighted by Gasteiger charge is -2.11. The van der Waals surface area contributed by atoms with Gasteiger partial charge in [-0.05, 0) is 48.7 Å². The summed E-state index contributed by atoms with van der Waals surface area (Å²) in [6.07, 6.45) is 0. The Morgan fingerprint density at radius 3 is 2.25 bits per heavy atom. The van der Waals surface area contributed by atoms with Crippen molar-refractivity contribution in [2.24, 2.45) is 0 Å². The molecule has 0 aliphatic carbocycles. The van der Waals surface area contributed by atoms with Crippen molar-refractivity contribution in [3.8, 4) is 5.75 Å². The molecule has 0 amide bonds. The van der Waals surface area contributed by atoms with Gasteiger partial charge in [0.1, 0.15) is 12.4 Å². The number of benzene rings is 3. The van der Waals surface area contributed by atoms with Gasteiger partial charge in [0.15, 0.2) is 0 Å². The van der Waals surface area contributed by atoms with E-state index in [-0.39, 0.29) is 0 Å². The van der Waals surface area contributed by atoms with Crippen molar-refractivity contribution in [1.82, 2.24) is 0 Å². The van der Waals surface area contributed by atoms with Crippen molar-refractivity contribution in [2.75, 3.05) is 5.32 Å². The van der Waals surface area contributed by atoms with Crippen molar-refractivity contribution < 1.29 is 4.74 Å². The van der Waals surface area contributed by atoms with Gasteiger partial charge in [-0.3, -0.25) is 0 Å². The fourth-order valence-electron chi connectivity index (χ4n) is 2.65. The Balaban J connectivity index is 1.54. The highest BCUT2D eigenvalue weighted by atomic mass is 16.5. The molecule has 0 unspecified atom stereocenters. The van der Waals surface area contributed by atoms with E-state index in [1.165, 1.54) is 27.9 Å². The Morgan fingerprint density at radius 2 is 1.54 bits per heavy atom. The van der Waals surface area contributed by atoms with E-state index in [2.05, 4.69) is 61.6 Å². The monoisotopic (exact) mass is 317 g/mol. The topological polar surface area (TPSA) is 21.3 Å². The van der Waals surface area contributed by atoms with Gasteiger partial charge >= 0.3 is 0 Å². The van der Waals surface area contributed by atoms with Crippen LogP contribution in [0.4, 0.5) is 5.69 Å². The number of hydrogen-bond donors (Lipinski definition) is 1. The molecule has 3 rings (SSSR count). The molecule has 122 valence electrons. The smallest absolute Gasteiger partial charge is 0.119 e. The second-order valence-corrected chi connectivity index (χ2v) is 6.09. The van der Waals surface area contributed by atoms with Crippen LogP contribution in [0.25, 0.3) is 0 Å². The van der Waals surface area contributed by atoms with Crippen LogP contribution in [0, 0.1) is 13.8 Å². The van der Waals surface area contributed by atoms with Gasteiger partial charge in [0.05, 0.1) is 0 Å². The number of ether oxygens (including phenoxy) is 1. The minimum absolute atomic E-state index is 0.598. The molecule has 3 aromatic carbocycles. The predicted molar refractivity (Wildman–Crippen MR) is 100 cm³/mol. The Bertz CT molecular complexity index is 779. The summed E-state index contributed by atoms with van der Waals surface area (Å²) in [5.41, 5.74) is 6.17. The summed E-state index contributed by atoms with van der Waals surface area (Å²) >= 11 is 0. The lowest BCUT2D eigenvalue weighted by atomic mass is 10.1. The Labute approximate surface area is 144 Å². The van der Waals surface area contributed by atoms with Crippen molar-refractivity contribution in [1.29, 1.82) is 0 Å². The van der Waals surface area contributed by atoms with Crippen molar-refractivity contribution >= 4 is 5.69 Å². The van der Waals surface area contributed by atoms with Gasteiger partial charge in [0, 0.05) is 12.2 Å². The zero-order valence-electron chi connectivity index (χ0n) is 14.3. The molecular weight excluding hydrogens is 294 g/mol. The number of nitrogens with one attached hydrogen (secondary N) is 1. The molecule has 0 saturated carbocycles. The molecule has 0 aromatic heterocycles. The summed E-state index contributed by atoms with van der Waals surface area (Å²) in [6, 6.07) is 25.0. The zero-order valence-corrected chi connectivity index (χ0v) is 14.3. The maximum atomic E-state index is 5.82. The summed E-state index contributed by atoms with van der Waals surface area (Å²) in [5.74, 6) is 0.897. The Hall–Kier alpha value is -2.74. The van der Waals surface area contributed by atoms with Crippen molar-refractivity contribution in [3.05, 3.63) is 95.1 Å². The third kappa shape index (κ3) is 4.39. The fourth-order valence-corrected chi connectivity index (χ4v) is 2.65. The van der Waals surface area contributed by atoms with E-state index in [1.807, 2.05) is 30.3 Å². The van der Waals surface area contributed by atoms with Crippen LogP contribution in [0.15, 0.2) is 72.8 Å². The summed E-state index contributed by atoms with van der Waals surface area (Å²) < 4.78 is 5.82. The molecule has 2 heteroatoms. The van der Waals surface area contributed by atoms with E-state index < -0.39 is 0 Å². The molecular formula is C22H23NO. The lowest BCUT2D eigenvalue weighted by molar-refractivity contribution is 0.306. The molecule has 0 bridgehead atoms. The van der Waals surface area contributed by atoms with Crippen molar-refractivity contribution in [2.45, 2.75) is 27.0 Å². The number of aryl methyl sites for hydroxylation is 2. The van der Waals surface area contributed by atoms with Crippen LogP contribution in [0.5, 0.6) is 5.75 Å². The van der Waals surface area contributed by atoms with Crippen LogP contribution in [-0.4, -0.2) is 0 Å². The normalized spacial score (nSPS) is 10.4. The second-order valence-electron chi connectivity index (χ2n) is 6.09. The highest BCUT2D eigenvalue weighted by Crippen LogP contribution is 2.18. The molecule has 2 nitrogen and oxygen atoms in total. The van der Waals surface area contributed by atoms with E-state index in [4.69, 9.17) is 4.74 Å². The molecule has 0 radical (unpaired) electrons. The third-order valence-electron chi connectivity index (χ3n) is 4.04. The van der Waals surface area contributed by atoms with Gasteiger partial charge in [-0.1, -0.05) is 60.2 Å². The Kier molecular flexibility index (Phi) is 5.17. The van der Waals surface area contributed by atoms with Gasteiger partial charge in [-0.25, -0.2) is 0 Å². The van der Waals surface area contributed by atoms with Crippen LogP contribution in [0.1, 0.15) is 22.3 Å². The van der Waals surface area contributed by atoms with E-state index in [0.717, 1.165) is 12.3 Å². The lowest BCUT2D eigenvalue weighted by Crippen LogP contribution is -2.01. The van der Waals surface area contributed by atoms with Crippen LogP contribution in [0.3, 0.4) is 0 Å². The molecule has 3 aromatic rings. The van der Waals surface area contributed by atoms with Crippen molar-refractivity contribution in [3.63, 3.8) is 0 Å². The maximum Gasteiger partial charge on any atom is 0.119 e. The first-order chi connectivity index (χ1) is 11.7. The van der Waals surface area contributed by atoms with E-state index in [0.29, 0.717) is 6.61 Å². The molecule has 0 aliphatic heterocycles. The number of hydrogen-bond acceptors (Lipinski definition) is 2. The summed E-state index contributed by atoms with van der Waals surface area (Å²) in [7, 11) is 0. The summed E-state index contributed by atoms with van der Waals surface area (Å²) in [4.78, 5) is 0. The van der Waals surface area contributed by atoms with Crippen LogP contribution < -0.4 is 10.1 Å². The fraction of sp³-hybridized carbons (Fsp3) is 0.182. The average molecular weight is 317 g/mol. The first-order valence-corrected chi connectivity index (χ1v) is 8.27. The van der Waals surface area contributed by atoms with Gasteiger partial charge in [-0.15, -0.1) is 0 Å². The quantitative estimate of drug-likeness (QED) is 0.648. The number of anilines is 1. The van der Waals surface area contributed by atoms with E-state index in [9.17, 15) is 0 Å². The molecule has 0 spiro atoms. The molecule has 0 saturated heterocycles. The minimum Gasteiger partial charge on any atom is -0.489 e. The highest BCUT2D eigenvalue weighted by molar-refractivity contribution is 5.52. The SMILES string of the molecule is Cc1ccc(NCc2ccc(OCc3ccccc3)cc2)c(C)c1. The zero-order chi connectivity index (χ0) is 16.8. The molecule has 0 heterocycles. The predicted octanol–water partition coefficient (Wildman–Crippen LogP) is 5.49. The summed E-state index contributed by atoms with van der Waals surface area (Å²) in [6.45, 7) is 5.66. The van der Waals surface area contributed by atoms with Gasteiger partial charge in [0.2, 0.25) is 0 Å². The average Bonchev–Trinajstić information content (AvgIpc) is 2.61. The maximum absolute atomic E-state index is 5.82. The molecule has 1 N–H and O–H groups in total. The minimum atomic E-state index is 0.598. The molecule has 0 aliphatic rings. The van der Waals surface area contributed by atoms with Gasteiger partial charge in [-0.2, -0.15) is 0 Å². The second kappa shape index (κ2) is 7.69. The standard InChI is InChI=1S/C22H23NO/c1-17-8-13-22(18(2)14-17)23-15-19-9-11-21(12-10-19)24-16-20-6-4-3-5-7-20/h3-14,23H,15-16H2,1-2H3. The highest BCUT2D eigenvalue weighted by Gasteiger charge is 2.00. The molecule has 0 atom stereocenters. The van der Waals surface area contributed by atoms with Gasteiger partial charge in [0.25, 0.3) is 0 Å². The molecule has 24 heavy (non-hydrogen) atoms. The first-order valence-electron chi connectivity index (χ1n) is 8.27. The van der Waals surface area contributed by atoms with E-state index >= 15 is 0 Å².